The molecule has 8 heteroatoms. The molecule has 0 spiro atoms. The summed E-state index contributed by atoms with van der Waals surface area (Å²) in [6.07, 6.45) is 11.4. The summed E-state index contributed by atoms with van der Waals surface area (Å²) in [6.45, 7) is 2.55. The Morgan fingerprint density at radius 1 is 1.00 bits per heavy atom. The monoisotopic (exact) mass is 441 g/mol. The molecule has 0 fully saturated rings. The number of unbranched alkanes of at least 4 members (excludes halogenated alkanes) is 9. The van der Waals surface area contributed by atoms with E-state index in [0.29, 0.717) is 12.3 Å². The van der Waals surface area contributed by atoms with Gasteiger partial charge in [0.15, 0.2) is 17.4 Å². The summed E-state index contributed by atoms with van der Waals surface area (Å²) in [5.74, 6) is -0.307. The van der Waals surface area contributed by atoms with Crippen LogP contribution in [0.2, 0.25) is 0 Å². The fraction of sp³-hybridized carbons (Fsp3) is 0.500. The highest BCUT2D eigenvalue weighted by molar-refractivity contribution is 5.86. The molecule has 1 amide bonds. The number of hydrogen-bond acceptors (Lipinski definition) is 7. The zero-order valence-corrected chi connectivity index (χ0v) is 18.9. The number of amides is 1. The molecule has 2 aromatic rings. The van der Waals surface area contributed by atoms with Gasteiger partial charge in [0.25, 0.3) is 0 Å². The maximum atomic E-state index is 12.0. The van der Waals surface area contributed by atoms with Gasteiger partial charge in [-0.15, -0.1) is 5.11 Å². The van der Waals surface area contributed by atoms with Crippen molar-refractivity contribution >= 4 is 29.1 Å². The van der Waals surface area contributed by atoms with Crippen LogP contribution < -0.4 is 11.1 Å². The van der Waals surface area contributed by atoms with Crippen molar-refractivity contribution in [2.75, 3.05) is 17.7 Å². The summed E-state index contributed by atoms with van der Waals surface area (Å²) >= 11 is 0. The number of nitrogens with one attached hydrogen (secondary N) is 1. The van der Waals surface area contributed by atoms with Crippen LogP contribution in [0.5, 0.6) is 5.75 Å². The maximum Gasteiger partial charge on any atom is 0.412 e. The first kappa shape index (κ1) is 25.1. The van der Waals surface area contributed by atoms with Crippen LogP contribution in [0.1, 0.15) is 71.1 Å². The second-order valence-electron chi connectivity index (χ2n) is 7.74. The van der Waals surface area contributed by atoms with Crippen LogP contribution in [0.3, 0.4) is 0 Å². The maximum absolute atomic E-state index is 12.0. The lowest BCUT2D eigenvalue weighted by molar-refractivity contribution is 0.159. The summed E-state index contributed by atoms with van der Waals surface area (Å²) in [6, 6.07) is 10.4. The minimum absolute atomic E-state index is 0.0347. The summed E-state index contributed by atoms with van der Waals surface area (Å²) in [7, 11) is 0. The first-order valence-corrected chi connectivity index (χ1v) is 11.5. The van der Waals surface area contributed by atoms with Crippen LogP contribution in [-0.4, -0.2) is 22.8 Å². The molecule has 0 aliphatic heterocycles. The highest BCUT2D eigenvalue weighted by atomic mass is 16.5. The van der Waals surface area contributed by atoms with Crippen LogP contribution in [0.15, 0.2) is 46.6 Å². The van der Waals surface area contributed by atoms with Crippen molar-refractivity contribution in [2.45, 2.75) is 71.1 Å². The van der Waals surface area contributed by atoms with Crippen LogP contribution >= 0.6 is 0 Å². The predicted octanol–water partition coefficient (Wildman–Crippen LogP) is 7.25. The van der Waals surface area contributed by atoms with Crippen molar-refractivity contribution in [3.8, 4) is 5.75 Å². The minimum atomic E-state index is -0.679. The SMILES string of the molecule is CCCCCCCCCCCCOC(=O)Nc1nc(N)c(/N=N/c2ccccc2)cc1O. The Labute approximate surface area is 190 Å². The van der Waals surface area contributed by atoms with Gasteiger partial charge in [0, 0.05) is 6.07 Å². The standard InChI is InChI=1S/C24H35N5O3/c1-2-3-4-5-6-7-8-9-10-14-17-32-24(31)27-23-21(30)18-20(22(25)26-23)29-28-19-15-12-11-13-16-19/h11-13,15-16,18,30H,2-10,14,17H2,1H3,(H3,25,26,27,31)/b29-28+. The lowest BCUT2D eigenvalue weighted by atomic mass is 10.1. The number of nitrogens with two attached hydrogens (primary N) is 1. The van der Waals surface area contributed by atoms with Crippen LogP contribution in [0.25, 0.3) is 0 Å². The Balaban J connectivity index is 1.66. The van der Waals surface area contributed by atoms with Crippen LogP contribution in [-0.2, 0) is 4.74 Å². The number of nitrogen functional groups attached to an aromatic ring is 1. The van der Waals surface area contributed by atoms with E-state index < -0.39 is 6.09 Å². The smallest absolute Gasteiger partial charge is 0.412 e. The Kier molecular flexibility index (Phi) is 11.6. The van der Waals surface area contributed by atoms with Gasteiger partial charge >= 0.3 is 6.09 Å². The molecule has 0 saturated heterocycles. The van der Waals surface area contributed by atoms with E-state index in [4.69, 9.17) is 10.5 Å². The number of anilines is 2. The molecule has 0 aliphatic rings. The predicted molar refractivity (Wildman–Crippen MR) is 128 cm³/mol. The lowest BCUT2D eigenvalue weighted by Crippen LogP contribution is -2.15. The van der Waals surface area contributed by atoms with Gasteiger partial charge in [-0.2, -0.15) is 5.11 Å². The molecule has 8 nitrogen and oxygen atoms in total. The zero-order chi connectivity index (χ0) is 23.0. The number of nitrogens with zero attached hydrogens (tertiary/aromatic N) is 3. The van der Waals surface area contributed by atoms with Crippen LogP contribution in [0.4, 0.5) is 27.8 Å². The van der Waals surface area contributed by atoms with Gasteiger partial charge in [-0.1, -0.05) is 82.9 Å². The number of carbonyl (C=O) groups excluding carboxylic acids is 1. The van der Waals surface area contributed by atoms with E-state index in [1.54, 1.807) is 12.1 Å². The third-order valence-electron chi connectivity index (χ3n) is 4.99. The molecule has 1 aromatic heterocycles. The average molecular weight is 442 g/mol. The van der Waals surface area contributed by atoms with Crippen molar-refractivity contribution in [3.63, 3.8) is 0 Å². The molecule has 0 radical (unpaired) electrons. The molecule has 0 saturated carbocycles. The Morgan fingerprint density at radius 2 is 1.62 bits per heavy atom. The topological polar surface area (TPSA) is 122 Å². The molecular formula is C24H35N5O3. The van der Waals surface area contributed by atoms with Gasteiger partial charge in [-0.05, 0) is 18.6 Å². The molecule has 1 aromatic carbocycles. The third-order valence-corrected chi connectivity index (χ3v) is 4.99. The number of azo groups is 1. The molecular weight excluding hydrogens is 406 g/mol. The van der Waals surface area contributed by atoms with Crippen molar-refractivity contribution in [3.05, 3.63) is 36.4 Å². The quantitative estimate of drug-likeness (QED) is 0.210. The third kappa shape index (κ3) is 9.76. The Hall–Kier alpha value is -3.16. The van der Waals surface area contributed by atoms with E-state index in [1.807, 2.05) is 18.2 Å². The van der Waals surface area contributed by atoms with Crippen molar-refractivity contribution in [1.29, 1.82) is 0 Å². The highest BCUT2D eigenvalue weighted by Crippen LogP contribution is 2.32. The van der Waals surface area contributed by atoms with E-state index in [2.05, 4.69) is 27.5 Å². The van der Waals surface area contributed by atoms with Gasteiger partial charge in [0.1, 0.15) is 5.69 Å². The molecule has 2 rings (SSSR count). The molecule has 0 bridgehead atoms. The molecule has 0 unspecified atom stereocenters. The Morgan fingerprint density at radius 3 is 2.28 bits per heavy atom. The summed E-state index contributed by atoms with van der Waals surface area (Å²) < 4.78 is 5.16. The van der Waals surface area contributed by atoms with E-state index in [-0.39, 0.29) is 23.1 Å². The molecule has 4 N–H and O–H groups in total. The summed E-state index contributed by atoms with van der Waals surface area (Å²) in [5, 5.41) is 20.6. The van der Waals surface area contributed by atoms with E-state index in [0.717, 1.165) is 19.3 Å². The average Bonchev–Trinajstić information content (AvgIpc) is 2.79. The fourth-order valence-corrected chi connectivity index (χ4v) is 3.17. The molecule has 174 valence electrons. The van der Waals surface area contributed by atoms with Crippen LogP contribution in [0, 0.1) is 0 Å². The number of benzene rings is 1. The number of aromatic nitrogens is 1. The second-order valence-corrected chi connectivity index (χ2v) is 7.74. The van der Waals surface area contributed by atoms with E-state index in [1.165, 1.54) is 51.0 Å². The minimum Gasteiger partial charge on any atom is -0.504 e. The number of ether oxygens (including phenoxy) is 1. The molecule has 32 heavy (non-hydrogen) atoms. The van der Waals surface area contributed by atoms with Crippen molar-refractivity contribution in [1.82, 2.24) is 4.98 Å². The fourth-order valence-electron chi connectivity index (χ4n) is 3.17. The van der Waals surface area contributed by atoms with Gasteiger partial charge in [0.2, 0.25) is 0 Å². The second kappa shape index (κ2) is 14.8. The number of rotatable bonds is 14. The zero-order valence-electron chi connectivity index (χ0n) is 18.9. The lowest BCUT2D eigenvalue weighted by Gasteiger charge is -2.09. The first-order chi connectivity index (χ1) is 15.6. The molecule has 1 heterocycles. The van der Waals surface area contributed by atoms with Gasteiger partial charge in [0.05, 0.1) is 12.3 Å². The highest BCUT2D eigenvalue weighted by Gasteiger charge is 2.13. The van der Waals surface area contributed by atoms with E-state index in [9.17, 15) is 9.90 Å². The normalized spacial score (nSPS) is 11.0. The Bertz CT molecular complexity index is 843. The van der Waals surface area contributed by atoms with Gasteiger partial charge < -0.3 is 15.6 Å². The van der Waals surface area contributed by atoms with Crippen molar-refractivity contribution in [2.24, 2.45) is 10.2 Å². The molecule has 0 aliphatic carbocycles. The van der Waals surface area contributed by atoms with Crippen molar-refractivity contribution < 1.29 is 14.6 Å². The summed E-state index contributed by atoms with van der Waals surface area (Å²) in [4.78, 5) is 16.0. The number of aromatic hydroxyl groups is 1. The number of carbonyl (C=O) groups is 1. The first-order valence-electron chi connectivity index (χ1n) is 11.5. The summed E-state index contributed by atoms with van der Waals surface area (Å²) in [5.41, 5.74) is 6.72. The van der Waals surface area contributed by atoms with Gasteiger partial charge in [-0.3, -0.25) is 5.32 Å². The number of pyridine rings is 1. The van der Waals surface area contributed by atoms with E-state index >= 15 is 0 Å². The largest absolute Gasteiger partial charge is 0.504 e. The van der Waals surface area contributed by atoms with Gasteiger partial charge in [-0.25, -0.2) is 9.78 Å². The molecule has 0 atom stereocenters. The number of hydrogen-bond donors (Lipinski definition) is 3.